The zero-order valence-electron chi connectivity index (χ0n) is 31.1. The van der Waals surface area contributed by atoms with Crippen molar-refractivity contribution in [3.63, 3.8) is 0 Å². The maximum atomic E-state index is 2.44. The smallest absolute Gasteiger partial charge is 0.0471 e. The Bertz CT molecular complexity index is 2770. The third kappa shape index (κ3) is 4.28. The predicted molar refractivity (Wildman–Crippen MR) is 230 cm³/mol. The SMILES string of the molecule is CC1(C)c2cccc3ccc4cc(N(c5ccccc5)c5ccc(N(c6ccccc6)c6cc7c8c(ccc9cccc(c98)C7(C)C)c6)cc5)cc1c4c23. The number of benzene rings is 9. The summed E-state index contributed by atoms with van der Waals surface area (Å²) in [5.74, 6) is 0. The van der Waals surface area contributed by atoms with Crippen LogP contribution in [0.2, 0.25) is 0 Å². The van der Waals surface area contributed by atoms with Gasteiger partial charge in [0.25, 0.3) is 0 Å². The van der Waals surface area contributed by atoms with E-state index in [1.54, 1.807) is 0 Å². The summed E-state index contributed by atoms with van der Waals surface area (Å²) in [5, 5.41) is 10.8. The maximum Gasteiger partial charge on any atom is 0.0471 e. The van der Waals surface area contributed by atoms with Crippen molar-refractivity contribution in [1.29, 1.82) is 0 Å². The summed E-state index contributed by atoms with van der Waals surface area (Å²) in [6.45, 7) is 9.51. The summed E-state index contributed by atoms with van der Waals surface area (Å²) >= 11 is 0. The number of rotatable bonds is 6. The van der Waals surface area contributed by atoms with Gasteiger partial charge in [0.05, 0.1) is 0 Å². The molecule has 11 rings (SSSR count). The largest absolute Gasteiger partial charge is 0.310 e. The molecule has 258 valence electrons. The summed E-state index contributed by atoms with van der Waals surface area (Å²) in [7, 11) is 0. The van der Waals surface area contributed by atoms with Crippen LogP contribution in [0.25, 0.3) is 43.1 Å². The molecule has 2 nitrogen and oxygen atoms in total. The molecule has 0 aromatic heterocycles. The third-order valence-electron chi connectivity index (χ3n) is 12.5. The molecule has 0 fully saturated rings. The van der Waals surface area contributed by atoms with E-state index >= 15 is 0 Å². The van der Waals surface area contributed by atoms with Crippen LogP contribution < -0.4 is 9.80 Å². The van der Waals surface area contributed by atoms with Crippen LogP contribution in [0.1, 0.15) is 49.9 Å². The van der Waals surface area contributed by atoms with E-state index in [2.05, 4.69) is 207 Å². The molecule has 54 heavy (non-hydrogen) atoms. The lowest BCUT2D eigenvalue weighted by molar-refractivity contribution is 0.662. The molecule has 0 saturated heterocycles. The van der Waals surface area contributed by atoms with Gasteiger partial charge in [0, 0.05) is 45.0 Å². The molecule has 0 atom stereocenters. The van der Waals surface area contributed by atoms with Crippen LogP contribution in [-0.2, 0) is 10.8 Å². The highest BCUT2D eigenvalue weighted by Crippen LogP contribution is 2.53. The van der Waals surface area contributed by atoms with Crippen LogP contribution in [-0.4, -0.2) is 0 Å². The van der Waals surface area contributed by atoms with Gasteiger partial charge >= 0.3 is 0 Å². The second kappa shape index (κ2) is 11.1. The molecule has 0 aliphatic heterocycles. The molecule has 0 bridgehead atoms. The van der Waals surface area contributed by atoms with Gasteiger partial charge in [0.1, 0.15) is 0 Å². The lowest BCUT2D eigenvalue weighted by Crippen LogP contribution is -2.17. The van der Waals surface area contributed by atoms with Gasteiger partial charge in [0.15, 0.2) is 0 Å². The van der Waals surface area contributed by atoms with Crippen molar-refractivity contribution >= 4 is 77.2 Å². The van der Waals surface area contributed by atoms with Crippen LogP contribution >= 0.6 is 0 Å². The monoisotopic (exact) mass is 692 g/mol. The molecule has 0 saturated carbocycles. The van der Waals surface area contributed by atoms with E-state index in [0.717, 1.165) is 22.7 Å². The summed E-state index contributed by atoms with van der Waals surface area (Å²) in [4.78, 5) is 4.83. The highest BCUT2D eigenvalue weighted by molar-refractivity contribution is 6.17. The molecule has 0 N–H and O–H groups in total. The average Bonchev–Trinajstić information content (AvgIpc) is 3.58. The fourth-order valence-corrected chi connectivity index (χ4v) is 9.83. The van der Waals surface area contributed by atoms with E-state index in [1.807, 2.05) is 0 Å². The molecule has 0 amide bonds. The standard InChI is InChI=1S/C52H40N2/c1-51(2)43-19-11-13-33-21-23-35-29-41(31-45(51)49(35)47(33)43)53(37-15-7-5-8-16-37)39-25-27-40(28-26-39)54(38-17-9-6-10-18-38)42-30-36-24-22-34-14-12-20-44-48(34)50(36)46(32-42)52(44,3)4/h5-32H,1-4H3. The Labute approximate surface area is 316 Å². The van der Waals surface area contributed by atoms with Gasteiger partial charge in [-0.05, 0) is 138 Å². The number of anilines is 6. The first-order valence-corrected chi connectivity index (χ1v) is 19.1. The van der Waals surface area contributed by atoms with E-state index in [1.165, 1.54) is 76.7 Å². The molecular weight excluding hydrogens is 653 g/mol. The zero-order chi connectivity index (χ0) is 36.3. The van der Waals surface area contributed by atoms with Crippen LogP contribution in [0.15, 0.2) is 170 Å². The first-order valence-electron chi connectivity index (χ1n) is 19.1. The second-order valence-corrected chi connectivity index (χ2v) is 16.2. The molecule has 0 unspecified atom stereocenters. The molecule has 2 aliphatic rings. The summed E-state index contributed by atoms with van der Waals surface area (Å²) in [6.07, 6.45) is 0. The molecule has 2 heteroatoms. The van der Waals surface area contributed by atoms with Crippen LogP contribution in [0, 0.1) is 0 Å². The van der Waals surface area contributed by atoms with Crippen molar-refractivity contribution in [2.24, 2.45) is 0 Å². The van der Waals surface area contributed by atoms with Gasteiger partial charge in [-0.25, -0.2) is 0 Å². The molecular formula is C52H40N2. The normalized spacial score (nSPS) is 14.6. The third-order valence-corrected chi connectivity index (χ3v) is 12.5. The molecule has 2 aliphatic carbocycles. The molecule has 0 radical (unpaired) electrons. The Kier molecular flexibility index (Phi) is 6.39. The van der Waals surface area contributed by atoms with Gasteiger partial charge in [-0.15, -0.1) is 0 Å². The van der Waals surface area contributed by atoms with E-state index in [4.69, 9.17) is 0 Å². The minimum Gasteiger partial charge on any atom is -0.310 e. The molecule has 0 heterocycles. The summed E-state index contributed by atoms with van der Waals surface area (Å²) < 4.78 is 0. The number of hydrogen-bond acceptors (Lipinski definition) is 2. The lowest BCUT2D eigenvalue weighted by Gasteiger charge is -2.30. The van der Waals surface area contributed by atoms with Gasteiger partial charge < -0.3 is 9.80 Å². The van der Waals surface area contributed by atoms with E-state index in [9.17, 15) is 0 Å². The first kappa shape index (κ1) is 31.2. The van der Waals surface area contributed by atoms with Gasteiger partial charge in [-0.1, -0.05) is 125 Å². The minimum absolute atomic E-state index is 0.0955. The van der Waals surface area contributed by atoms with Crippen molar-refractivity contribution < 1.29 is 0 Å². The van der Waals surface area contributed by atoms with Crippen molar-refractivity contribution in [1.82, 2.24) is 0 Å². The van der Waals surface area contributed by atoms with E-state index in [-0.39, 0.29) is 10.8 Å². The van der Waals surface area contributed by atoms with Gasteiger partial charge in [-0.3, -0.25) is 0 Å². The highest BCUT2D eigenvalue weighted by Gasteiger charge is 2.36. The van der Waals surface area contributed by atoms with E-state index < -0.39 is 0 Å². The van der Waals surface area contributed by atoms with Crippen molar-refractivity contribution in [2.75, 3.05) is 9.80 Å². The molecule has 9 aromatic carbocycles. The maximum absolute atomic E-state index is 2.44. The van der Waals surface area contributed by atoms with Crippen molar-refractivity contribution in [2.45, 2.75) is 38.5 Å². The Morgan fingerprint density at radius 1 is 0.278 bits per heavy atom. The fraction of sp³-hybridized carbons (Fsp3) is 0.115. The number of para-hydroxylation sites is 2. The average molecular weight is 693 g/mol. The Balaban J connectivity index is 1.07. The zero-order valence-corrected chi connectivity index (χ0v) is 31.1. The highest BCUT2D eigenvalue weighted by atomic mass is 15.2. The summed E-state index contributed by atoms with van der Waals surface area (Å²) in [6, 6.07) is 63.1. The van der Waals surface area contributed by atoms with Gasteiger partial charge in [0.2, 0.25) is 0 Å². The second-order valence-electron chi connectivity index (χ2n) is 16.2. The Morgan fingerprint density at radius 2 is 0.630 bits per heavy atom. The quantitative estimate of drug-likeness (QED) is 0.160. The Hall–Kier alpha value is -6.38. The van der Waals surface area contributed by atoms with Crippen LogP contribution in [0.3, 0.4) is 0 Å². The van der Waals surface area contributed by atoms with E-state index in [0.29, 0.717) is 0 Å². The lowest BCUT2D eigenvalue weighted by atomic mass is 9.81. The minimum atomic E-state index is -0.0955. The topological polar surface area (TPSA) is 6.48 Å². The van der Waals surface area contributed by atoms with Crippen LogP contribution in [0.4, 0.5) is 34.1 Å². The van der Waals surface area contributed by atoms with Gasteiger partial charge in [-0.2, -0.15) is 0 Å². The van der Waals surface area contributed by atoms with Crippen LogP contribution in [0.5, 0.6) is 0 Å². The number of nitrogens with zero attached hydrogens (tertiary/aromatic N) is 2. The van der Waals surface area contributed by atoms with Crippen molar-refractivity contribution in [3.05, 3.63) is 192 Å². The molecule has 9 aromatic rings. The predicted octanol–water partition coefficient (Wildman–Crippen LogP) is 14.5. The number of hydrogen-bond donors (Lipinski definition) is 0. The summed E-state index contributed by atoms with van der Waals surface area (Å²) in [5.41, 5.74) is 12.3. The Morgan fingerprint density at radius 3 is 1.04 bits per heavy atom. The molecule has 0 spiro atoms. The fourth-order valence-electron chi connectivity index (χ4n) is 9.83. The first-order chi connectivity index (χ1) is 26.3. The van der Waals surface area contributed by atoms with Crippen molar-refractivity contribution in [3.8, 4) is 0 Å².